The van der Waals surface area contributed by atoms with Gasteiger partial charge in [0.15, 0.2) is 0 Å². The molecule has 0 saturated carbocycles. The predicted octanol–water partition coefficient (Wildman–Crippen LogP) is 5.67. The zero-order valence-corrected chi connectivity index (χ0v) is 22.7. The van der Waals surface area contributed by atoms with E-state index in [-0.39, 0.29) is 11.7 Å². The van der Waals surface area contributed by atoms with Crippen molar-refractivity contribution in [1.82, 2.24) is 19.3 Å². The molecular weight excluding hydrogens is 475 g/mol. The Bertz CT molecular complexity index is 1370. The van der Waals surface area contributed by atoms with Gasteiger partial charge in [-0.1, -0.05) is 50.2 Å². The van der Waals surface area contributed by atoms with E-state index in [9.17, 15) is 9.18 Å². The van der Waals surface area contributed by atoms with Crippen molar-refractivity contribution < 1.29 is 9.18 Å². The zero-order chi connectivity index (χ0) is 26.5. The van der Waals surface area contributed by atoms with Crippen LogP contribution in [0.2, 0.25) is 0 Å². The molecular formula is C32H39FN4O. The highest BCUT2D eigenvalue weighted by atomic mass is 19.1. The monoisotopic (exact) mass is 514 g/mol. The number of piperazine rings is 1. The molecule has 200 valence electrons. The summed E-state index contributed by atoms with van der Waals surface area (Å²) in [7, 11) is 0. The van der Waals surface area contributed by atoms with Gasteiger partial charge in [0.05, 0.1) is 0 Å². The van der Waals surface area contributed by atoms with Gasteiger partial charge < -0.3 is 14.4 Å². The maximum Gasteiger partial charge on any atom is 0.254 e. The largest absolute Gasteiger partial charge is 0.340 e. The number of hydrogen-bond acceptors (Lipinski definition) is 3. The normalized spacial score (nSPS) is 14.7. The average Bonchev–Trinajstić information content (AvgIpc) is 3.28. The third kappa shape index (κ3) is 5.77. The molecule has 2 heterocycles. The molecule has 0 radical (unpaired) electrons. The second-order valence-electron chi connectivity index (χ2n) is 10.3. The van der Waals surface area contributed by atoms with Gasteiger partial charge in [-0.2, -0.15) is 0 Å². The molecule has 1 aliphatic rings. The van der Waals surface area contributed by atoms with E-state index < -0.39 is 0 Å². The summed E-state index contributed by atoms with van der Waals surface area (Å²) >= 11 is 0. The summed E-state index contributed by atoms with van der Waals surface area (Å²) in [6.45, 7) is 12.7. The lowest BCUT2D eigenvalue weighted by Gasteiger charge is -2.34. The number of benzene rings is 3. The van der Waals surface area contributed by atoms with Crippen molar-refractivity contribution in [2.75, 3.05) is 52.4 Å². The molecule has 0 unspecified atom stereocenters. The van der Waals surface area contributed by atoms with Crippen LogP contribution in [0.5, 0.6) is 0 Å². The number of aryl methyl sites for hydroxylation is 1. The minimum Gasteiger partial charge on any atom is -0.340 e. The Kier molecular flexibility index (Phi) is 8.40. The van der Waals surface area contributed by atoms with E-state index in [0.717, 1.165) is 88.4 Å². The van der Waals surface area contributed by atoms with E-state index in [2.05, 4.69) is 64.6 Å². The van der Waals surface area contributed by atoms with Crippen LogP contribution < -0.4 is 0 Å². The van der Waals surface area contributed by atoms with Gasteiger partial charge in [-0.15, -0.1) is 0 Å². The summed E-state index contributed by atoms with van der Waals surface area (Å²) in [5.41, 5.74) is 4.30. The van der Waals surface area contributed by atoms with Gasteiger partial charge in [-0.25, -0.2) is 4.39 Å². The molecule has 38 heavy (non-hydrogen) atoms. The Balaban J connectivity index is 1.27. The van der Waals surface area contributed by atoms with Crippen LogP contribution in [0.3, 0.4) is 0 Å². The van der Waals surface area contributed by atoms with Crippen LogP contribution in [0.25, 0.3) is 21.8 Å². The number of carbonyl (C=O) groups is 1. The van der Waals surface area contributed by atoms with Crippen LogP contribution >= 0.6 is 0 Å². The fourth-order valence-electron chi connectivity index (χ4n) is 5.71. The van der Waals surface area contributed by atoms with Crippen molar-refractivity contribution in [2.24, 2.45) is 0 Å². The number of halogens is 1. The first kappa shape index (κ1) is 26.4. The molecule has 0 atom stereocenters. The van der Waals surface area contributed by atoms with Crippen LogP contribution in [0.1, 0.15) is 36.2 Å². The van der Waals surface area contributed by atoms with Gasteiger partial charge >= 0.3 is 0 Å². The number of para-hydroxylation sites is 1. The van der Waals surface area contributed by atoms with Gasteiger partial charge in [0, 0.05) is 66.6 Å². The molecule has 1 aliphatic heterocycles. The molecule has 1 amide bonds. The molecule has 1 saturated heterocycles. The first-order valence-electron chi connectivity index (χ1n) is 14.1. The maximum atomic E-state index is 13.5. The SMILES string of the molecule is CCN(CC)CCCn1c2ccccc2c2ccc(C(=O)N3CCN(CCc4ccc(F)cc4)CC3)cc21. The van der Waals surface area contributed by atoms with Crippen molar-refractivity contribution in [3.05, 3.63) is 83.7 Å². The van der Waals surface area contributed by atoms with E-state index in [1.54, 1.807) is 0 Å². The minimum atomic E-state index is -0.195. The maximum absolute atomic E-state index is 13.5. The summed E-state index contributed by atoms with van der Waals surface area (Å²) < 4.78 is 15.6. The third-order valence-corrected chi connectivity index (χ3v) is 8.06. The van der Waals surface area contributed by atoms with E-state index in [1.807, 2.05) is 23.1 Å². The highest BCUT2D eigenvalue weighted by Gasteiger charge is 2.23. The average molecular weight is 515 g/mol. The second kappa shape index (κ2) is 12.1. The van der Waals surface area contributed by atoms with E-state index >= 15 is 0 Å². The van der Waals surface area contributed by atoms with E-state index in [1.165, 1.54) is 28.4 Å². The molecule has 6 heteroatoms. The van der Waals surface area contributed by atoms with E-state index in [0.29, 0.717) is 0 Å². The van der Waals surface area contributed by atoms with Crippen LogP contribution in [0.15, 0.2) is 66.7 Å². The molecule has 1 fully saturated rings. The molecule has 0 bridgehead atoms. The first-order chi connectivity index (χ1) is 18.6. The second-order valence-corrected chi connectivity index (χ2v) is 10.3. The number of fused-ring (bicyclic) bond motifs is 3. The van der Waals surface area contributed by atoms with Crippen molar-refractivity contribution in [3.63, 3.8) is 0 Å². The summed E-state index contributed by atoms with van der Waals surface area (Å²) in [6, 6.07) is 21.6. The van der Waals surface area contributed by atoms with Crippen molar-refractivity contribution in [2.45, 2.75) is 33.2 Å². The lowest BCUT2D eigenvalue weighted by molar-refractivity contribution is 0.0638. The lowest BCUT2D eigenvalue weighted by Crippen LogP contribution is -2.49. The molecule has 5 nitrogen and oxygen atoms in total. The first-order valence-corrected chi connectivity index (χ1v) is 14.1. The van der Waals surface area contributed by atoms with Crippen molar-refractivity contribution in [3.8, 4) is 0 Å². The summed E-state index contributed by atoms with van der Waals surface area (Å²) in [5.74, 6) is -0.0795. The Labute approximate surface area is 225 Å². The number of rotatable bonds is 10. The van der Waals surface area contributed by atoms with E-state index in [4.69, 9.17) is 0 Å². The molecule has 0 spiro atoms. The Morgan fingerprint density at radius 1 is 0.842 bits per heavy atom. The predicted molar refractivity (Wildman–Crippen MR) is 154 cm³/mol. The number of amides is 1. The molecule has 0 aliphatic carbocycles. The number of hydrogen-bond donors (Lipinski definition) is 0. The summed E-state index contributed by atoms with van der Waals surface area (Å²) in [4.78, 5) is 20.4. The topological polar surface area (TPSA) is 31.7 Å². The van der Waals surface area contributed by atoms with Crippen molar-refractivity contribution >= 4 is 27.7 Å². The number of nitrogens with zero attached hydrogens (tertiary/aromatic N) is 4. The van der Waals surface area contributed by atoms with Crippen LogP contribution in [-0.2, 0) is 13.0 Å². The molecule has 5 rings (SSSR count). The molecule has 0 N–H and O–H groups in total. The Hall–Kier alpha value is -3.22. The van der Waals surface area contributed by atoms with Gasteiger partial charge in [-0.3, -0.25) is 9.69 Å². The Morgan fingerprint density at radius 2 is 1.55 bits per heavy atom. The van der Waals surface area contributed by atoms with Gasteiger partial charge in [-0.05, 0) is 68.4 Å². The van der Waals surface area contributed by atoms with Crippen LogP contribution in [-0.4, -0.2) is 77.5 Å². The molecule has 4 aromatic rings. The quantitative estimate of drug-likeness (QED) is 0.273. The van der Waals surface area contributed by atoms with Crippen molar-refractivity contribution in [1.29, 1.82) is 0 Å². The van der Waals surface area contributed by atoms with Crippen LogP contribution in [0, 0.1) is 5.82 Å². The van der Waals surface area contributed by atoms with Crippen LogP contribution in [0.4, 0.5) is 4.39 Å². The number of aromatic nitrogens is 1. The fraction of sp³-hybridized carbons (Fsp3) is 0.406. The summed E-state index contributed by atoms with van der Waals surface area (Å²) in [5, 5.41) is 2.46. The zero-order valence-electron chi connectivity index (χ0n) is 22.7. The van der Waals surface area contributed by atoms with Gasteiger partial charge in [0.1, 0.15) is 5.82 Å². The lowest BCUT2D eigenvalue weighted by atomic mass is 10.1. The smallest absolute Gasteiger partial charge is 0.254 e. The Morgan fingerprint density at radius 3 is 2.29 bits per heavy atom. The van der Waals surface area contributed by atoms with Gasteiger partial charge in [0.2, 0.25) is 0 Å². The molecule has 1 aromatic heterocycles. The number of carbonyl (C=O) groups excluding carboxylic acids is 1. The van der Waals surface area contributed by atoms with Gasteiger partial charge in [0.25, 0.3) is 5.91 Å². The molecule has 3 aromatic carbocycles. The fourth-order valence-corrected chi connectivity index (χ4v) is 5.71. The highest BCUT2D eigenvalue weighted by molar-refractivity contribution is 6.10. The highest BCUT2D eigenvalue weighted by Crippen LogP contribution is 2.30. The minimum absolute atomic E-state index is 0.116. The summed E-state index contributed by atoms with van der Waals surface area (Å²) in [6.07, 6.45) is 1.97. The standard InChI is InChI=1S/C32H39FN4O/c1-3-34(4-2)17-7-18-37-30-9-6-5-8-28(30)29-15-12-26(24-31(29)37)32(38)36-22-20-35(21-23-36)19-16-25-10-13-27(33)14-11-25/h5-6,8-15,24H,3-4,7,16-23H2,1-2H3. The third-order valence-electron chi connectivity index (χ3n) is 8.06.